The van der Waals surface area contributed by atoms with Crippen LogP contribution in [-0.2, 0) is 47.0 Å². The number of aliphatic hydroxyl groups is 2. The van der Waals surface area contributed by atoms with Gasteiger partial charge in [0.1, 0.15) is 5.78 Å². The molecule has 6 heteroatoms. The van der Waals surface area contributed by atoms with E-state index in [0.29, 0.717) is 6.61 Å². The second-order valence-electron chi connectivity index (χ2n) is 4.55. The molecule has 5 nitrogen and oxygen atoms in total. The van der Waals surface area contributed by atoms with Crippen LogP contribution in [-0.4, -0.2) is 48.7 Å². The molecule has 0 saturated carbocycles. The molecule has 0 saturated heterocycles. The topological polar surface area (TPSA) is 76.0 Å². The van der Waals surface area contributed by atoms with Gasteiger partial charge in [0.05, 0.1) is 18.6 Å². The summed E-state index contributed by atoms with van der Waals surface area (Å²) >= 11 is 0. The van der Waals surface area contributed by atoms with Gasteiger partial charge in [-0.2, -0.15) is 0 Å². The minimum Gasteiger partial charge on any atom is -0.394 e. The predicted molar refractivity (Wildman–Crippen MR) is 65.7 cm³/mol. The Hall–Kier alpha value is 0.614. The van der Waals surface area contributed by atoms with Crippen molar-refractivity contribution in [1.29, 1.82) is 0 Å². The fourth-order valence-corrected chi connectivity index (χ4v) is 0.868. The summed E-state index contributed by atoms with van der Waals surface area (Å²) < 4.78 is 9.89. The summed E-state index contributed by atoms with van der Waals surface area (Å²) in [4.78, 5) is 11.2. The zero-order valence-electron chi connectivity index (χ0n) is 12.3. The van der Waals surface area contributed by atoms with E-state index in [1.165, 1.54) is 21.0 Å². The molecule has 2 N–H and O–H groups in total. The van der Waals surface area contributed by atoms with Crippen LogP contribution in [0.25, 0.3) is 0 Å². The van der Waals surface area contributed by atoms with Gasteiger partial charge in [-0.15, -0.1) is 0 Å². The van der Waals surface area contributed by atoms with E-state index in [1.807, 2.05) is 0 Å². The van der Waals surface area contributed by atoms with E-state index in [-0.39, 0.29) is 51.2 Å². The smallest absolute Gasteiger partial charge is 0.151 e. The third-order valence-electron chi connectivity index (χ3n) is 1.96. The van der Waals surface area contributed by atoms with Gasteiger partial charge in [0, 0.05) is 45.9 Å². The summed E-state index contributed by atoms with van der Waals surface area (Å²) in [6, 6.07) is 0. The van der Waals surface area contributed by atoms with E-state index in [4.69, 9.17) is 19.7 Å². The van der Waals surface area contributed by atoms with Gasteiger partial charge in [0.15, 0.2) is 6.29 Å². The molecule has 0 aromatic rings. The van der Waals surface area contributed by atoms with Crippen molar-refractivity contribution in [3.63, 3.8) is 0 Å². The Morgan fingerprint density at radius 1 is 1.22 bits per heavy atom. The minimum absolute atomic E-state index is 0. The summed E-state index contributed by atoms with van der Waals surface area (Å²) in [6.07, 6.45) is -1.02. The van der Waals surface area contributed by atoms with E-state index >= 15 is 0 Å². The molecule has 18 heavy (non-hydrogen) atoms. The molecule has 0 spiro atoms. The molecule has 107 valence electrons. The van der Waals surface area contributed by atoms with Gasteiger partial charge in [0.2, 0.25) is 0 Å². The Kier molecular flexibility index (Phi) is 16.6. The van der Waals surface area contributed by atoms with Crippen LogP contribution in [0.3, 0.4) is 0 Å². The maximum Gasteiger partial charge on any atom is 0.151 e. The monoisotopic (exact) mass is 339 g/mol. The first-order valence-corrected chi connectivity index (χ1v) is 5.63. The molecule has 0 aromatic heterocycles. The Balaban J connectivity index is -0.000000392. The molecule has 0 aliphatic heterocycles. The molecule has 0 aromatic carbocycles. The second kappa shape index (κ2) is 12.6. The summed E-state index contributed by atoms with van der Waals surface area (Å²) in [7, 11) is 1.53. The average molecular weight is 339 g/mol. The van der Waals surface area contributed by atoms with Crippen molar-refractivity contribution in [3.05, 3.63) is 0 Å². The average Bonchev–Trinajstić information content (AvgIpc) is 2.14. The SMILES string of the molecule is CC(C)O.COCC(C)(COC(C)O)C(C)=O.[Y]. The summed E-state index contributed by atoms with van der Waals surface area (Å²) in [6.45, 7) is 8.67. The molecule has 0 aliphatic rings. The maximum atomic E-state index is 11.2. The molecule has 0 amide bonds. The van der Waals surface area contributed by atoms with Crippen molar-refractivity contribution < 1.29 is 57.2 Å². The number of methoxy groups -OCH3 is 1. The van der Waals surface area contributed by atoms with Crippen LogP contribution in [0, 0.1) is 5.41 Å². The molecular formula is C12H26O5Y. The van der Waals surface area contributed by atoms with Gasteiger partial charge < -0.3 is 19.7 Å². The maximum absolute atomic E-state index is 11.2. The number of ketones is 1. The van der Waals surface area contributed by atoms with Crippen molar-refractivity contribution in [3.8, 4) is 0 Å². The zero-order chi connectivity index (χ0) is 14.1. The van der Waals surface area contributed by atoms with E-state index < -0.39 is 11.7 Å². The van der Waals surface area contributed by atoms with Crippen LogP contribution >= 0.6 is 0 Å². The van der Waals surface area contributed by atoms with Gasteiger partial charge in [-0.1, -0.05) is 0 Å². The molecule has 0 aliphatic carbocycles. The van der Waals surface area contributed by atoms with Gasteiger partial charge >= 0.3 is 0 Å². The molecular weight excluding hydrogens is 313 g/mol. The Bertz CT molecular complexity index is 206. The first-order valence-electron chi connectivity index (χ1n) is 5.63. The van der Waals surface area contributed by atoms with Crippen LogP contribution in [0.1, 0.15) is 34.6 Å². The van der Waals surface area contributed by atoms with Crippen molar-refractivity contribution in [2.75, 3.05) is 20.3 Å². The number of aliphatic hydroxyl groups excluding tert-OH is 2. The molecule has 2 atom stereocenters. The van der Waals surface area contributed by atoms with Crippen LogP contribution in [0.2, 0.25) is 0 Å². The minimum atomic E-state index is -0.851. The number of carbonyl (C=O) groups is 1. The summed E-state index contributed by atoms with van der Waals surface area (Å²) in [5, 5.41) is 16.9. The van der Waals surface area contributed by atoms with Crippen LogP contribution in [0.15, 0.2) is 0 Å². The largest absolute Gasteiger partial charge is 0.394 e. The van der Waals surface area contributed by atoms with Gasteiger partial charge in [-0.05, 0) is 34.6 Å². The molecule has 0 fully saturated rings. The molecule has 0 bridgehead atoms. The number of Topliss-reactive ketones (excluding diaryl/α,β-unsaturated/α-hetero) is 1. The van der Waals surface area contributed by atoms with Gasteiger partial charge in [-0.3, -0.25) is 4.79 Å². The Morgan fingerprint density at radius 3 is 1.83 bits per heavy atom. The molecule has 2 unspecified atom stereocenters. The second-order valence-corrected chi connectivity index (χ2v) is 4.55. The number of ether oxygens (including phenoxy) is 2. The Morgan fingerprint density at radius 2 is 1.61 bits per heavy atom. The first kappa shape index (κ1) is 23.7. The van der Waals surface area contributed by atoms with Gasteiger partial charge in [0.25, 0.3) is 0 Å². The normalized spacial score (nSPS) is 14.9. The van der Waals surface area contributed by atoms with E-state index in [1.54, 1.807) is 20.8 Å². The fourth-order valence-electron chi connectivity index (χ4n) is 0.868. The van der Waals surface area contributed by atoms with Crippen molar-refractivity contribution in [1.82, 2.24) is 0 Å². The molecule has 0 heterocycles. The van der Waals surface area contributed by atoms with Crippen molar-refractivity contribution >= 4 is 5.78 Å². The van der Waals surface area contributed by atoms with Crippen LogP contribution < -0.4 is 0 Å². The van der Waals surface area contributed by atoms with Crippen LogP contribution in [0.5, 0.6) is 0 Å². The number of hydrogen-bond donors (Lipinski definition) is 2. The standard InChI is InChI=1S/C9H18O4.C3H8O.Y/c1-7(10)9(3,5-12-4)6-13-8(2)11;1-3(2)4;/h8,11H,5-6H2,1-4H3;3-4H,1-2H3;. The van der Waals surface area contributed by atoms with E-state index in [2.05, 4.69) is 0 Å². The quantitative estimate of drug-likeness (QED) is 0.705. The number of hydrogen-bond acceptors (Lipinski definition) is 5. The predicted octanol–water partition coefficient (Wildman–Crippen LogP) is 0.968. The number of rotatable bonds is 6. The third-order valence-corrected chi connectivity index (χ3v) is 1.96. The van der Waals surface area contributed by atoms with Crippen molar-refractivity contribution in [2.24, 2.45) is 5.41 Å². The molecule has 0 rings (SSSR count). The fraction of sp³-hybridized carbons (Fsp3) is 0.917. The van der Waals surface area contributed by atoms with Crippen molar-refractivity contribution in [2.45, 2.75) is 47.0 Å². The Labute approximate surface area is 135 Å². The summed E-state index contributed by atoms with van der Waals surface area (Å²) in [5.74, 6) is -0.00463. The first-order chi connectivity index (χ1) is 7.65. The number of carbonyl (C=O) groups excluding carboxylic acids is 1. The van der Waals surface area contributed by atoms with Crippen LogP contribution in [0.4, 0.5) is 0 Å². The van der Waals surface area contributed by atoms with Gasteiger partial charge in [-0.25, -0.2) is 0 Å². The zero-order valence-corrected chi connectivity index (χ0v) is 15.1. The van der Waals surface area contributed by atoms with E-state index in [0.717, 1.165) is 0 Å². The van der Waals surface area contributed by atoms with E-state index in [9.17, 15) is 4.79 Å². The summed E-state index contributed by atoms with van der Waals surface area (Å²) in [5.41, 5.74) is -0.661. The molecule has 1 radical (unpaired) electrons. The third kappa shape index (κ3) is 14.7.